The Morgan fingerprint density at radius 3 is 2.58 bits per heavy atom. The van der Waals surface area contributed by atoms with Crippen molar-refractivity contribution in [3.8, 4) is 11.3 Å². The fraction of sp³-hybridized carbons (Fsp3) is 0.586. The number of likely N-dealkylation sites (N-methyl/N-ethyl adjacent to an activating group) is 1. The molecular weight excluding hydrogens is 530 g/mol. The lowest BCUT2D eigenvalue weighted by Gasteiger charge is -2.32. The van der Waals surface area contributed by atoms with Gasteiger partial charge in [0.1, 0.15) is 30.9 Å². The van der Waals surface area contributed by atoms with Gasteiger partial charge in [0.05, 0.1) is 12.2 Å². The molecule has 1 N–H and O–H groups in total. The quantitative estimate of drug-likeness (QED) is 0.491. The Labute approximate surface area is 239 Å². The number of amides is 2. The third kappa shape index (κ3) is 5.79. The third-order valence-corrected chi connectivity index (χ3v) is 9.18. The fourth-order valence-corrected chi connectivity index (χ4v) is 6.51. The lowest BCUT2D eigenvalue weighted by Crippen LogP contribution is -2.54. The van der Waals surface area contributed by atoms with E-state index in [1.165, 1.54) is 0 Å². The number of thiazole rings is 1. The molecule has 0 spiro atoms. The number of carbonyl (C=O) groups is 3. The summed E-state index contributed by atoms with van der Waals surface area (Å²) in [6.45, 7) is 10.5. The Hall–Kier alpha value is -2.86. The van der Waals surface area contributed by atoms with Crippen molar-refractivity contribution in [2.45, 2.75) is 51.5 Å². The monoisotopic (exact) mass is 569 g/mol. The van der Waals surface area contributed by atoms with Crippen LogP contribution in [0.5, 0.6) is 0 Å². The molecule has 5 rings (SSSR count). The van der Waals surface area contributed by atoms with E-state index in [-0.39, 0.29) is 42.8 Å². The molecule has 3 saturated heterocycles. The zero-order valence-electron chi connectivity index (χ0n) is 23.7. The van der Waals surface area contributed by atoms with Crippen LogP contribution >= 0.6 is 11.3 Å². The van der Waals surface area contributed by atoms with Gasteiger partial charge in [0.25, 0.3) is 5.91 Å². The Balaban J connectivity index is 1.27. The SMILES string of the molecule is CCO[C@H]1CN(C(=O)[C@@H](NC(=O)c2ccc(-c3csc(N4CCN(C)CC4)n3)cc2)[C@@H](C)CC)[C@@H]2C(=O)CO[C@H]12. The van der Waals surface area contributed by atoms with Gasteiger partial charge in [-0.2, -0.15) is 0 Å². The number of ether oxygens (including phenoxy) is 2. The molecular formula is C29H39N5O5S. The molecule has 3 aliphatic heterocycles. The number of aromatic nitrogens is 1. The van der Waals surface area contributed by atoms with Crippen molar-refractivity contribution in [1.82, 2.24) is 20.1 Å². The lowest BCUT2D eigenvalue weighted by atomic mass is 9.96. The molecule has 3 fully saturated rings. The van der Waals surface area contributed by atoms with Crippen molar-refractivity contribution in [2.24, 2.45) is 5.92 Å². The first-order valence-electron chi connectivity index (χ1n) is 14.2. The van der Waals surface area contributed by atoms with Crippen molar-refractivity contribution < 1.29 is 23.9 Å². The second-order valence-electron chi connectivity index (χ2n) is 10.9. The molecule has 1 aromatic heterocycles. The first kappa shape index (κ1) is 28.7. The number of benzene rings is 1. The number of rotatable bonds is 9. The molecule has 2 aromatic rings. The Bertz CT molecular complexity index is 1210. The van der Waals surface area contributed by atoms with E-state index in [1.807, 2.05) is 38.3 Å². The maximum Gasteiger partial charge on any atom is 0.251 e. The summed E-state index contributed by atoms with van der Waals surface area (Å²) >= 11 is 1.63. The summed E-state index contributed by atoms with van der Waals surface area (Å²) < 4.78 is 11.5. The second kappa shape index (κ2) is 12.3. The summed E-state index contributed by atoms with van der Waals surface area (Å²) in [5, 5.41) is 6.03. The summed E-state index contributed by atoms with van der Waals surface area (Å²) in [5.41, 5.74) is 2.29. The van der Waals surface area contributed by atoms with E-state index in [9.17, 15) is 14.4 Å². The van der Waals surface area contributed by atoms with Crippen LogP contribution in [0.1, 0.15) is 37.6 Å². The highest BCUT2D eigenvalue weighted by molar-refractivity contribution is 7.14. The minimum atomic E-state index is -0.767. The first-order chi connectivity index (χ1) is 19.3. The Morgan fingerprint density at radius 1 is 1.18 bits per heavy atom. The Morgan fingerprint density at radius 2 is 1.90 bits per heavy atom. The van der Waals surface area contributed by atoms with E-state index >= 15 is 0 Å². The Kier molecular flexibility index (Phi) is 8.84. The van der Waals surface area contributed by atoms with Gasteiger partial charge in [-0.3, -0.25) is 14.4 Å². The van der Waals surface area contributed by atoms with Crippen molar-refractivity contribution in [3.63, 3.8) is 0 Å². The maximum absolute atomic E-state index is 13.8. The highest BCUT2D eigenvalue weighted by Crippen LogP contribution is 2.31. The summed E-state index contributed by atoms with van der Waals surface area (Å²) in [4.78, 5) is 50.7. The second-order valence-corrected chi connectivity index (χ2v) is 11.7. The maximum atomic E-state index is 13.8. The number of hydrogen-bond acceptors (Lipinski definition) is 9. The van der Waals surface area contributed by atoms with Crippen molar-refractivity contribution in [1.29, 1.82) is 0 Å². The molecule has 1 aromatic carbocycles. The molecule has 0 saturated carbocycles. The highest BCUT2D eigenvalue weighted by Gasteiger charge is 2.54. The number of likely N-dealkylation sites (tertiary alicyclic amines) is 1. The molecule has 5 atom stereocenters. The largest absolute Gasteiger partial charge is 0.374 e. The van der Waals surface area contributed by atoms with Crippen molar-refractivity contribution >= 4 is 34.1 Å². The number of nitrogens with zero attached hydrogens (tertiary/aromatic N) is 4. The van der Waals surface area contributed by atoms with Gasteiger partial charge in [-0.25, -0.2) is 4.98 Å². The normalized spacial score (nSPS) is 24.7. The minimum Gasteiger partial charge on any atom is -0.374 e. The first-order valence-corrected chi connectivity index (χ1v) is 15.0. The molecule has 0 unspecified atom stereocenters. The van der Waals surface area contributed by atoms with Crippen LogP contribution in [0.2, 0.25) is 0 Å². The summed E-state index contributed by atoms with van der Waals surface area (Å²) in [5.74, 6) is -0.842. The third-order valence-electron chi connectivity index (χ3n) is 8.28. The van der Waals surface area contributed by atoms with Crippen LogP contribution in [0.15, 0.2) is 29.6 Å². The molecule has 216 valence electrons. The summed E-state index contributed by atoms with van der Waals surface area (Å²) in [6, 6.07) is 5.89. The lowest BCUT2D eigenvalue weighted by molar-refractivity contribution is -0.139. The molecule has 4 heterocycles. The number of piperazine rings is 1. The van der Waals surface area contributed by atoms with E-state index in [2.05, 4.69) is 22.2 Å². The predicted molar refractivity (Wildman–Crippen MR) is 154 cm³/mol. The van der Waals surface area contributed by atoms with Gasteiger partial charge in [-0.1, -0.05) is 32.4 Å². The number of ketones is 1. The molecule has 0 radical (unpaired) electrons. The van der Waals surface area contributed by atoms with Gasteiger partial charge in [0.15, 0.2) is 10.9 Å². The number of hydrogen-bond donors (Lipinski definition) is 1. The average Bonchev–Trinajstić information content (AvgIpc) is 3.69. The minimum absolute atomic E-state index is 0.0226. The molecule has 2 amide bonds. The van der Waals surface area contributed by atoms with Crippen molar-refractivity contribution in [2.75, 3.05) is 57.9 Å². The standard InChI is InChI=1S/C29H39N5O5S/c1-5-18(3)24(28(37)34-15-23(38-6-2)26-25(34)22(35)16-39-26)31-27(36)20-9-7-19(8-10-20)21-17-40-29(30-21)33-13-11-32(4)12-14-33/h7-10,17-18,23-26H,5-6,11-16H2,1-4H3,(H,31,36)/t18-,23-,24-,25+,26+/m0/s1. The van der Waals surface area contributed by atoms with Crippen LogP contribution in [0, 0.1) is 5.92 Å². The molecule has 0 bridgehead atoms. The fourth-order valence-electron chi connectivity index (χ4n) is 5.62. The van der Waals surface area contributed by atoms with Gasteiger partial charge >= 0.3 is 0 Å². The van der Waals surface area contributed by atoms with Crippen LogP contribution in [0.3, 0.4) is 0 Å². The highest BCUT2D eigenvalue weighted by atomic mass is 32.1. The van der Waals surface area contributed by atoms with Crippen LogP contribution in [0.25, 0.3) is 11.3 Å². The zero-order chi connectivity index (χ0) is 28.4. The van der Waals surface area contributed by atoms with Gasteiger partial charge in [-0.05, 0) is 32.0 Å². The summed E-state index contributed by atoms with van der Waals surface area (Å²) in [6.07, 6.45) is -0.121. The van der Waals surface area contributed by atoms with Gasteiger partial charge < -0.3 is 29.5 Å². The zero-order valence-corrected chi connectivity index (χ0v) is 24.5. The number of nitrogens with one attached hydrogen (secondary N) is 1. The molecule has 10 nitrogen and oxygen atoms in total. The topological polar surface area (TPSA) is 104 Å². The van der Waals surface area contributed by atoms with E-state index in [1.54, 1.807) is 28.4 Å². The molecule has 40 heavy (non-hydrogen) atoms. The van der Waals surface area contributed by atoms with Gasteiger partial charge in [0, 0.05) is 49.3 Å². The van der Waals surface area contributed by atoms with E-state index in [4.69, 9.17) is 14.5 Å². The van der Waals surface area contributed by atoms with Crippen molar-refractivity contribution in [3.05, 3.63) is 35.2 Å². The van der Waals surface area contributed by atoms with E-state index < -0.39 is 18.2 Å². The van der Waals surface area contributed by atoms with Crippen LogP contribution in [-0.2, 0) is 19.1 Å². The number of carbonyl (C=O) groups excluding carboxylic acids is 3. The number of Topliss-reactive ketones (excluding diaryl/α,β-unsaturated/α-hetero) is 1. The van der Waals surface area contributed by atoms with Crippen LogP contribution in [0.4, 0.5) is 5.13 Å². The predicted octanol–water partition coefficient (Wildman–Crippen LogP) is 2.29. The molecule has 3 aliphatic rings. The number of fused-ring (bicyclic) bond motifs is 1. The average molecular weight is 570 g/mol. The smallest absolute Gasteiger partial charge is 0.251 e. The van der Waals surface area contributed by atoms with Gasteiger partial charge in [0.2, 0.25) is 5.91 Å². The molecule has 11 heteroatoms. The summed E-state index contributed by atoms with van der Waals surface area (Å²) in [7, 11) is 2.13. The van der Waals surface area contributed by atoms with E-state index in [0.29, 0.717) is 18.6 Å². The van der Waals surface area contributed by atoms with Gasteiger partial charge in [-0.15, -0.1) is 11.3 Å². The number of anilines is 1. The van der Waals surface area contributed by atoms with Crippen LogP contribution in [-0.4, -0.2) is 110 Å². The molecule has 0 aliphatic carbocycles. The van der Waals surface area contributed by atoms with E-state index in [0.717, 1.165) is 42.6 Å². The van der Waals surface area contributed by atoms with Crippen LogP contribution < -0.4 is 10.2 Å².